The summed E-state index contributed by atoms with van der Waals surface area (Å²) in [4.78, 5) is 27.2. The molecule has 1 aliphatic carbocycles. The Morgan fingerprint density at radius 2 is 1.53 bits per heavy atom. The second-order valence-electron chi connectivity index (χ2n) is 8.04. The molecule has 1 saturated heterocycles. The molecule has 2 aliphatic rings. The van der Waals surface area contributed by atoms with Crippen molar-refractivity contribution in [3.05, 3.63) is 107 Å². The van der Waals surface area contributed by atoms with Crippen molar-refractivity contribution in [3.63, 3.8) is 0 Å². The molecular weight excluding hydrogens is 402 g/mol. The van der Waals surface area contributed by atoms with Gasteiger partial charge in [0.25, 0.3) is 0 Å². The summed E-state index contributed by atoms with van der Waals surface area (Å²) in [7, 11) is 1.34. The molecule has 1 atom stereocenters. The van der Waals surface area contributed by atoms with Gasteiger partial charge in [0.1, 0.15) is 12.1 Å². The van der Waals surface area contributed by atoms with Crippen molar-refractivity contribution in [2.24, 2.45) is 0 Å². The Morgan fingerprint density at radius 1 is 0.969 bits per heavy atom. The van der Waals surface area contributed by atoms with E-state index in [1.165, 1.54) is 13.2 Å². The molecule has 1 unspecified atom stereocenters. The molecule has 0 spiro atoms. The topological polar surface area (TPSA) is 55.8 Å². The van der Waals surface area contributed by atoms with Gasteiger partial charge in [-0.05, 0) is 40.3 Å². The van der Waals surface area contributed by atoms with E-state index in [0.717, 1.165) is 27.8 Å². The van der Waals surface area contributed by atoms with Crippen LogP contribution in [0, 0.1) is 0 Å². The number of fused-ring (bicyclic) bond motifs is 3. The first-order valence-electron chi connectivity index (χ1n) is 10.6. The molecule has 1 heterocycles. The summed E-state index contributed by atoms with van der Waals surface area (Å²) in [6.45, 7) is 2.00. The van der Waals surface area contributed by atoms with E-state index in [0.29, 0.717) is 5.57 Å². The van der Waals surface area contributed by atoms with Crippen LogP contribution in [-0.4, -0.2) is 36.7 Å². The monoisotopic (exact) mass is 425 g/mol. The normalized spacial score (nSPS) is 18.7. The third kappa shape index (κ3) is 2.78. The van der Waals surface area contributed by atoms with E-state index in [4.69, 9.17) is 9.47 Å². The van der Waals surface area contributed by atoms with Gasteiger partial charge in [-0.2, -0.15) is 0 Å². The van der Waals surface area contributed by atoms with Crippen molar-refractivity contribution in [3.8, 4) is 11.1 Å². The minimum absolute atomic E-state index is 0.164. The fourth-order valence-electron chi connectivity index (χ4n) is 5.07. The summed E-state index contributed by atoms with van der Waals surface area (Å²) in [5.74, 6) is -0.456. The fraction of sp³-hybridized carbons (Fsp3) is 0.185. The molecule has 0 radical (unpaired) electrons. The van der Waals surface area contributed by atoms with Crippen LogP contribution in [0.1, 0.15) is 23.6 Å². The lowest BCUT2D eigenvalue weighted by molar-refractivity contribution is -0.134. The van der Waals surface area contributed by atoms with Gasteiger partial charge >= 0.3 is 12.1 Å². The summed E-state index contributed by atoms with van der Waals surface area (Å²) < 4.78 is 10.4. The smallest absolute Gasteiger partial charge is 0.411 e. The Kier molecular flexibility index (Phi) is 4.82. The fourth-order valence-corrected chi connectivity index (χ4v) is 5.07. The Labute approximate surface area is 186 Å². The minimum atomic E-state index is -0.891. The van der Waals surface area contributed by atoms with Crippen molar-refractivity contribution >= 4 is 12.1 Å². The van der Waals surface area contributed by atoms with Gasteiger partial charge in [0.2, 0.25) is 0 Å². The zero-order valence-corrected chi connectivity index (χ0v) is 17.9. The van der Waals surface area contributed by atoms with Crippen LogP contribution in [0.5, 0.6) is 0 Å². The van der Waals surface area contributed by atoms with Gasteiger partial charge in [-0.1, -0.05) is 78.9 Å². The van der Waals surface area contributed by atoms with Gasteiger partial charge in [0.05, 0.1) is 13.2 Å². The van der Waals surface area contributed by atoms with Crippen LogP contribution in [-0.2, 0) is 19.8 Å². The molecule has 5 nitrogen and oxygen atoms in total. The number of hydrogen-bond donors (Lipinski definition) is 0. The number of carbonyl (C=O) groups excluding carboxylic acids is 2. The number of carbonyl (C=O) groups is 2. The zero-order valence-electron chi connectivity index (χ0n) is 17.9. The number of cyclic esters (lactones) is 1. The summed E-state index contributed by atoms with van der Waals surface area (Å²) in [5, 5.41) is 0. The van der Waals surface area contributed by atoms with E-state index in [-0.39, 0.29) is 6.61 Å². The Hall–Kier alpha value is -3.86. The molecule has 5 rings (SSSR count). The van der Waals surface area contributed by atoms with Gasteiger partial charge in [0.15, 0.2) is 0 Å². The molecule has 3 aromatic rings. The van der Waals surface area contributed by atoms with Gasteiger partial charge in [-0.15, -0.1) is 0 Å². The van der Waals surface area contributed by atoms with Crippen LogP contribution in [0.2, 0.25) is 0 Å². The quantitative estimate of drug-likeness (QED) is 0.441. The molecule has 1 aliphatic heterocycles. The van der Waals surface area contributed by atoms with E-state index in [9.17, 15) is 9.59 Å². The lowest BCUT2D eigenvalue weighted by Gasteiger charge is -2.43. The van der Waals surface area contributed by atoms with Crippen molar-refractivity contribution in [2.75, 3.05) is 13.7 Å². The van der Waals surface area contributed by atoms with Crippen molar-refractivity contribution < 1.29 is 19.1 Å². The molecule has 1 fully saturated rings. The predicted molar refractivity (Wildman–Crippen MR) is 121 cm³/mol. The average Bonchev–Trinajstić information content (AvgIpc) is 3.36. The first kappa shape index (κ1) is 20.1. The van der Waals surface area contributed by atoms with Crippen LogP contribution in [0.15, 0.2) is 90.5 Å². The zero-order chi connectivity index (χ0) is 22.3. The molecule has 0 aromatic heterocycles. The molecule has 3 aromatic carbocycles. The summed E-state index contributed by atoms with van der Waals surface area (Å²) in [5.41, 5.74) is 4.98. The highest BCUT2D eigenvalue weighted by Gasteiger charge is 2.56. The summed E-state index contributed by atoms with van der Waals surface area (Å²) in [6.07, 6.45) is 1.02. The molecule has 32 heavy (non-hydrogen) atoms. The molecular formula is C27H23NO4. The Bertz CT molecular complexity index is 1190. The maximum atomic E-state index is 13.4. The highest BCUT2D eigenvalue weighted by molar-refractivity contribution is 5.87. The Morgan fingerprint density at radius 3 is 2.12 bits per heavy atom. The van der Waals surface area contributed by atoms with Crippen molar-refractivity contribution in [1.29, 1.82) is 0 Å². The van der Waals surface area contributed by atoms with Crippen molar-refractivity contribution in [1.82, 2.24) is 4.90 Å². The summed E-state index contributed by atoms with van der Waals surface area (Å²) >= 11 is 0. The number of hydrogen-bond acceptors (Lipinski definition) is 4. The van der Waals surface area contributed by atoms with E-state index >= 15 is 0 Å². The van der Waals surface area contributed by atoms with Crippen LogP contribution >= 0.6 is 0 Å². The first-order valence-corrected chi connectivity index (χ1v) is 10.6. The lowest BCUT2D eigenvalue weighted by atomic mass is 9.78. The van der Waals surface area contributed by atoms with Crippen LogP contribution in [0.25, 0.3) is 11.1 Å². The number of methoxy groups -OCH3 is 1. The maximum Gasteiger partial charge on any atom is 0.411 e. The number of amides is 1. The first-order chi connectivity index (χ1) is 15.6. The SMILES string of the molecule is COC(=O)/C=C(/C)C1COC(=O)N1C1(c2ccccc2)c2ccccc2-c2ccccc21. The summed E-state index contributed by atoms with van der Waals surface area (Å²) in [6, 6.07) is 25.9. The standard InChI is InChI=1S/C27H23NO4/c1-18(16-25(29)31-2)24-17-32-26(30)28(24)27(19-10-4-3-5-11-19)22-14-8-6-12-20(22)21-13-7-9-15-23(21)27/h3-16,24H,17H2,1-2H3/b18-16-. The number of rotatable bonds is 4. The van der Waals surface area contributed by atoms with Crippen LogP contribution in [0.3, 0.4) is 0 Å². The highest BCUT2D eigenvalue weighted by atomic mass is 16.6. The molecule has 5 heteroatoms. The van der Waals surface area contributed by atoms with Gasteiger partial charge < -0.3 is 9.47 Å². The van der Waals surface area contributed by atoms with Crippen LogP contribution in [0.4, 0.5) is 4.79 Å². The second kappa shape index (κ2) is 7.68. The maximum absolute atomic E-state index is 13.4. The van der Waals surface area contributed by atoms with Gasteiger partial charge in [-0.3, -0.25) is 4.90 Å². The molecule has 160 valence electrons. The largest absolute Gasteiger partial charge is 0.466 e. The van der Waals surface area contributed by atoms with E-state index < -0.39 is 23.6 Å². The van der Waals surface area contributed by atoms with Gasteiger partial charge in [-0.25, -0.2) is 9.59 Å². The Balaban J connectivity index is 1.83. The van der Waals surface area contributed by atoms with Gasteiger partial charge in [0, 0.05) is 6.08 Å². The number of benzene rings is 3. The number of nitrogens with zero attached hydrogens (tertiary/aromatic N) is 1. The second-order valence-corrected chi connectivity index (χ2v) is 8.04. The molecule has 1 amide bonds. The third-order valence-electron chi connectivity index (χ3n) is 6.42. The van der Waals surface area contributed by atoms with E-state index in [2.05, 4.69) is 24.3 Å². The highest BCUT2D eigenvalue weighted by Crippen LogP contribution is 2.56. The van der Waals surface area contributed by atoms with E-state index in [1.54, 1.807) is 4.90 Å². The predicted octanol–water partition coefficient (Wildman–Crippen LogP) is 4.90. The average molecular weight is 425 g/mol. The number of ether oxygens (including phenoxy) is 2. The number of esters is 1. The van der Waals surface area contributed by atoms with E-state index in [1.807, 2.05) is 61.5 Å². The van der Waals surface area contributed by atoms with Crippen molar-refractivity contribution in [2.45, 2.75) is 18.5 Å². The molecule has 0 N–H and O–H groups in total. The third-order valence-corrected chi connectivity index (χ3v) is 6.42. The molecule has 0 bridgehead atoms. The minimum Gasteiger partial charge on any atom is -0.466 e. The lowest BCUT2D eigenvalue weighted by Crippen LogP contribution is -2.52. The molecule has 0 saturated carbocycles. The van der Waals surface area contributed by atoms with Crippen LogP contribution < -0.4 is 0 Å².